The maximum atomic E-state index is 6.40. The van der Waals surface area contributed by atoms with Gasteiger partial charge in [0.25, 0.3) is 0 Å². The molecule has 2 heterocycles. The van der Waals surface area contributed by atoms with E-state index in [1.807, 2.05) is 13.0 Å². The minimum atomic E-state index is 0.588. The maximum Gasteiger partial charge on any atom is 0.168 e. The molecule has 0 amide bonds. The van der Waals surface area contributed by atoms with Crippen molar-refractivity contribution in [1.82, 2.24) is 24.6 Å². The van der Waals surface area contributed by atoms with Gasteiger partial charge in [-0.2, -0.15) is 0 Å². The first-order valence-corrected chi connectivity index (χ1v) is 15.7. The summed E-state index contributed by atoms with van der Waals surface area (Å²) in [6.45, 7) is 12.3. The lowest BCUT2D eigenvalue weighted by atomic mass is 10.0. The van der Waals surface area contributed by atoms with Crippen molar-refractivity contribution in [2.24, 2.45) is 5.73 Å². The van der Waals surface area contributed by atoms with E-state index in [2.05, 4.69) is 98.2 Å². The predicted molar refractivity (Wildman–Crippen MR) is 174 cm³/mol. The summed E-state index contributed by atoms with van der Waals surface area (Å²) in [6, 6.07) is 25.2. The molecule has 1 saturated heterocycles. The number of benzene rings is 3. The summed E-state index contributed by atoms with van der Waals surface area (Å²) in [5.74, 6) is 2.53. The number of nitrogens with two attached hydrogens (primary N) is 1. The minimum Gasteiger partial charge on any atom is -0.491 e. The molecule has 43 heavy (non-hydrogen) atoms. The number of nitrogens with zero attached hydrogens (tertiary/aromatic N) is 5. The number of unbranched alkanes of at least 4 members (excludes halogenated alkanes) is 3. The van der Waals surface area contributed by atoms with Crippen molar-refractivity contribution in [3.63, 3.8) is 0 Å². The van der Waals surface area contributed by atoms with Crippen LogP contribution in [-0.2, 0) is 4.74 Å². The summed E-state index contributed by atoms with van der Waals surface area (Å²) in [5.41, 5.74) is 11.1. The Morgan fingerprint density at radius 2 is 1.40 bits per heavy atom. The molecule has 4 aromatic rings. The summed E-state index contributed by atoms with van der Waals surface area (Å²) in [5, 5.41) is 9.04. The number of ether oxygens (including phenoxy) is 2. The van der Waals surface area contributed by atoms with Crippen molar-refractivity contribution in [2.45, 2.75) is 39.5 Å². The number of aryl methyl sites for hydroxylation is 2. The van der Waals surface area contributed by atoms with E-state index in [0.717, 1.165) is 66.8 Å². The molecule has 0 radical (unpaired) electrons. The molecule has 8 heteroatoms. The highest BCUT2D eigenvalue weighted by atomic mass is 16.5. The van der Waals surface area contributed by atoms with Crippen molar-refractivity contribution in [3.8, 4) is 34.0 Å². The smallest absolute Gasteiger partial charge is 0.168 e. The highest BCUT2D eigenvalue weighted by Crippen LogP contribution is 2.33. The SMILES string of the molecule is Cc1cccc(OCCCCCCN2CCN(COCCN)CC2)c1-n1c(C)nnc1-c1ccc(-c2ccccc2)cc1. The summed E-state index contributed by atoms with van der Waals surface area (Å²) in [7, 11) is 0. The van der Waals surface area contributed by atoms with E-state index in [4.69, 9.17) is 15.2 Å². The molecule has 2 N–H and O–H groups in total. The van der Waals surface area contributed by atoms with Gasteiger partial charge in [0.2, 0.25) is 0 Å². The molecule has 1 aliphatic rings. The van der Waals surface area contributed by atoms with Crippen molar-refractivity contribution in [2.75, 3.05) is 59.2 Å². The average Bonchev–Trinajstić information content (AvgIpc) is 3.42. The molecule has 0 spiro atoms. The summed E-state index contributed by atoms with van der Waals surface area (Å²) < 4.78 is 14.1. The second-order valence-corrected chi connectivity index (χ2v) is 11.3. The van der Waals surface area contributed by atoms with E-state index in [1.54, 1.807) is 0 Å². The van der Waals surface area contributed by atoms with Gasteiger partial charge in [0.1, 0.15) is 11.6 Å². The second-order valence-electron chi connectivity index (χ2n) is 11.3. The molecule has 8 nitrogen and oxygen atoms in total. The Morgan fingerprint density at radius 3 is 2.16 bits per heavy atom. The number of piperazine rings is 1. The number of hydrogen-bond donors (Lipinski definition) is 1. The Labute approximate surface area is 256 Å². The Kier molecular flexibility index (Phi) is 11.3. The normalized spacial score (nSPS) is 14.3. The predicted octanol–water partition coefficient (Wildman–Crippen LogP) is 5.71. The first-order valence-electron chi connectivity index (χ1n) is 15.7. The highest BCUT2D eigenvalue weighted by molar-refractivity contribution is 5.69. The van der Waals surface area contributed by atoms with Crippen LogP contribution in [0.2, 0.25) is 0 Å². The molecule has 5 rings (SSSR count). The number of hydrogen-bond acceptors (Lipinski definition) is 7. The Hall–Kier alpha value is -3.56. The standard InChI is InChI=1S/C35H46N6O2/c1-28-11-10-14-33(43-25-9-4-3-8-20-39-21-23-40(24-22-39)27-42-26-19-36)34(28)41-29(2)37-38-35(41)32-17-15-31(16-18-32)30-12-6-5-7-13-30/h5-7,10-18H,3-4,8-9,19-27,36H2,1-2H3. The van der Waals surface area contributed by atoms with Crippen LogP contribution in [-0.4, -0.2) is 83.8 Å². The van der Waals surface area contributed by atoms with E-state index < -0.39 is 0 Å². The first kappa shape index (κ1) is 30.9. The molecule has 1 aromatic heterocycles. The van der Waals surface area contributed by atoms with Gasteiger partial charge in [0.05, 0.1) is 25.6 Å². The fraction of sp³-hybridized carbons (Fsp3) is 0.429. The van der Waals surface area contributed by atoms with Crippen LogP contribution in [0.3, 0.4) is 0 Å². The maximum absolute atomic E-state index is 6.40. The van der Waals surface area contributed by atoms with Gasteiger partial charge in [-0.3, -0.25) is 9.47 Å². The third-order valence-electron chi connectivity index (χ3n) is 8.13. The van der Waals surface area contributed by atoms with Gasteiger partial charge in [-0.25, -0.2) is 0 Å². The second kappa shape index (κ2) is 15.8. The topological polar surface area (TPSA) is 81.7 Å². The molecule has 228 valence electrons. The van der Waals surface area contributed by atoms with Crippen LogP contribution in [0, 0.1) is 13.8 Å². The minimum absolute atomic E-state index is 0.588. The van der Waals surface area contributed by atoms with Crippen LogP contribution >= 0.6 is 0 Å². The zero-order valence-electron chi connectivity index (χ0n) is 25.8. The molecular weight excluding hydrogens is 536 g/mol. The van der Waals surface area contributed by atoms with Crippen molar-refractivity contribution < 1.29 is 9.47 Å². The van der Waals surface area contributed by atoms with Gasteiger partial charge in [-0.05, 0) is 56.0 Å². The Balaban J connectivity index is 1.13. The molecule has 1 fully saturated rings. The van der Waals surface area contributed by atoms with Gasteiger partial charge in [-0.15, -0.1) is 10.2 Å². The lowest BCUT2D eigenvalue weighted by Crippen LogP contribution is -2.47. The number of aromatic nitrogens is 3. The lowest BCUT2D eigenvalue weighted by Gasteiger charge is -2.34. The van der Waals surface area contributed by atoms with E-state index >= 15 is 0 Å². The van der Waals surface area contributed by atoms with Crippen molar-refractivity contribution in [1.29, 1.82) is 0 Å². The molecule has 0 unspecified atom stereocenters. The average molecular weight is 583 g/mol. The van der Waals surface area contributed by atoms with Crippen molar-refractivity contribution in [3.05, 3.63) is 84.2 Å². The van der Waals surface area contributed by atoms with Gasteiger partial charge >= 0.3 is 0 Å². The Morgan fingerprint density at radius 1 is 0.698 bits per heavy atom. The third kappa shape index (κ3) is 8.30. The van der Waals surface area contributed by atoms with E-state index in [9.17, 15) is 0 Å². The van der Waals surface area contributed by atoms with Gasteiger partial charge in [-0.1, -0.05) is 79.6 Å². The zero-order chi connectivity index (χ0) is 29.9. The highest BCUT2D eigenvalue weighted by Gasteiger charge is 2.19. The summed E-state index contributed by atoms with van der Waals surface area (Å²) >= 11 is 0. The molecule has 0 saturated carbocycles. The van der Waals surface area contributed by atoms with E-state index in [-0.39, 0.29) is 0 Å². The van der Waals surface area contributed by atoms with E-state index in [0.29, 0.717) is 26.5 Å². The Bertz CT molecular complexity index is 1400. The molecule has 3 aromatic carbocycles. The number of para-hydroxylation sites is 1. The van der Waals surface area contributed by atoms with Crippen LogP contribution in [0.5, 0.6) is 5.75 Å². The van der Waals surface area contributed by atoms with Crippen LogP contribution in [0.1, 0.15) is 37.1 Å². The molecular formula is C35H46N6O2. The van der Waals surface area contributed by atoms with Crippen molar-refractivity contribution >= 4 is 0 Å². The summed E-state index contributed by atoms with van der Waals surface area (Å²) in [6.07, 6.45) is 4.65. The largest absolute Gasteiger partial charge is 0.491 e. The summed E-state index contributed by atoms with van der Waals surface area (Å²) in [4.78, 5) is 4.94. The van der Waals surface area contributed by atoms with Crippen LogP contribution in [0.4, 0.5) is 0 Å². The fourth-order valence-electron chi connectivity index (χ4n) is 5.69. The van der Waals surface area contributed by atoms with Crippen LogP contribution in [0.25, 0.3) is 28.2 Å². The molecule has 0 aliphatic carbocycles. The molecule has 0 bridgehead atoms. The zero-order valence-corrected chi connectivity index (χ0v) is 25.8. The van der Waals surface area contributed by atoms with E-state index in [1.165, 1.54) is 36.9 Å². The van der Waals surface area contributed by atoms with Crippen LogP contribution < -0.4 is 10.5 Å². The van der Waals surface area contributed by atoms with Crippen LogP contribution in [0.15, 0.2) is 72.8 Å². The van der Waals surface area contributed by atoms with Gasteiger partial charge < -0.3 is 20.1 Å². The molecule has 1 aliphatic heterocycles. The third-order valence-corrected chi connectivity index (χ3v) is 8.13. The molecule has 0 atom stereocenters. The lowest BCUT2D eigenvalue weighted by molar-refractivity contribution is 0.00505. The van der Waals surface area contributed by atoms with Gasteiger partial charge in [0.15, 0.2) is 5.82 Å². The number of rotatable bonds is 15. The fourth-order valence-corrected chi connectivity index (χ4v) is 5.69. The quantitative estimate of drug-likeness (QED) is 0.180. The van der Waals surface area contributed by atoms with Gasteiger partial charge in [0, 0.05) is 38.3 Å². The monoisotopic (exact) mass is 582 g/mol. The first-order chi connectivity index (χ1) is 21.1.